The van der Waals surface area contributed by atoms with Crippen molar-refractivity contribution in [3.8, 4) is 0 Å². The number of ether oxygens (including phenoxy) is 1. The lowest BCUT2D eigenvalue weighted by atomic mass is 9.93. The van der Waals surface area contributed by atoms with Crippen LogP contribution in [-0.4, -0.2) is 40.3 Å². The van der Waals surface area contributed by atoms with Gasteiger partial charge in [0.1, 0.15) is 0 Å². The monoisotopic (exact) mass is 291 g/mol. The van der Waals surface area contributed by atoms with E-state index in [0.29, 0.717) is 0 Å². The molecule has 1 N–H and O–H groups in total. The summed E-state index contributed by atoms with van der Waals surface area (Å²) < 4.78 is 6.09. The fourth-order valence-electron chi connectivity index (χ4n) is 3.37. The molecule has 1 fully saturated rings. The van der Waals surface area contributed by atoms with Crippen LogP contribution in [0.4, 0.5) is 0 Å². The van der Waals surface area contributed by atoms with Gasteiger partial charge in [0, 0.05) is 19.1 Å². The number of rotatable bonds is 4. The van der Waals surface area contributed by atoms with Gasteiger partial charge in [-0.3, -0.25) is 9.69 Å². The minimum absolute atomic E-state index is 0.107. The number of benzene rings is 1. The summed E-state index contributed by atoms with van der Waals surface area (Å²) in [6.45, 7) is 9.69. The van der Waals surface area contributed by atoms with Crippen LogP contribution in [-0.2, 0) is 9.53 Å². The Hall–Kier alpha value is -1.39. The van der Waals surface area contributed by atoms with Gasteiger partial charge in [0.05, 0.1) is 17.6 Å². The van der Waals surface area contributed by atoms with Crippen LogP contribution in [0.5, 0.6) is 0 Å². The molecule has 0 saturated carbocycles. The molecule has 4 heteroatoms. The predicted octanol–water partition coefficient (Wildman–Crippen LogP) is 3.09. The molecule has 0 radical (unpaired) electrons. The average Bonchev–Trinajstić information content (AvgIpc) is 2.33. The molecule has 1 unspecified atom stereocenters. The van der Waals surface area contributed by atoms with Crippen LogP contribution in [0.25, 0.3) is 0 Å². The van der Waals surface area contributed by atoms with Gasteiger partial charge in [0.25, 0.3) is 0 Å². The molecule has 1 aliphatic rings. The van der Waals surface area contributed by atoms with Crippen LogP contribution >= 0.6 is 0 Å². The number of aliphatic carboxylic acids is 1. The van der Waals surface area contributed by atoms with Crippen LogP contribution in [0.3, 0.4) is 0 Å². The van der Waals surface area contributed by atoms with Gasteiger partial charge in [-0.15, -0.1) is 0 Å². The molecule has 1 atom stereocenters. The van der Waals surface area contributed by atoms with Gasteiger partial charge in [0.2, 0.25) is 0 Å². The molecule has 116 valence electrons. The lowest BCUT2D eigenvalue weighted by Crippen LogP contribution is -2.58. The summed E-state index contributed by atoms with van der Waals surface area (Å²) in [5.41, 5.74) is 0.481. The zero-order valence-electron chi connectivity index (χ0n) is 13.3. The van der Waals surface area contributed by atoms with Crippen LogP contribution in [0.1, 0.15) is 45.7 Å². The minimum atomic E-state index is -0.772. The molecule has 2 rings (SSSR count). The predicted molar refractivity (Wildman–Crippen MR) is 82.3 cm³/mol. The number of nitrogens with zero attached hydrogens (tertiary/aromatic N) is 1. The summed E-state index contributed by atoms with van der Waals surface area (Å²) in [7, 11) is 0. The molecule has 1 aromatic rings. The normalized spacial score (nSPS) is 22.7. The zero-order chi connectivity index (χ0) is 15.7. The Labute approximate surface area is 126 Å². The first kappa shape index (κ1) is 16.0. The van der Waals surface area contributed by atoms with Crippen molar-refractivity contribution in [2.45, 2.75) is 51.4 Å². The van der Waals surface area contributed by atoms with E-state index >= 15 is 0 Å². The topological polar surface area (TPSA) is 49.8 Å². The fraction of sp³-hybridized carbons (Fsp3) is 0.588. The molecular formula is C17H25NO3. The summed E-state index contributed by atoms with van der Waals surface area (Å²) in [5, 5.41) is 9.28. The van der Waals surface area contributed by atoms with E-state index in [1.807, 2.05) is 30.3 Å². The lowest BCUT2D eigenvalue weighted by molar-refractivity contribution is -0.190. The third-order valence-electron chi connectivity index (χ3n) is 3.71. The molecule has 0 spiro atoms. The number of morpholine rings is 1. The summed E-state index contributed by atoms with van der Waals surface area (Å²) in [6, 6.07) is 9.76. The molecule has 21 heavy (non-hydrogen) atoms. The first-order valence-electron chi connectivity index (χ1n) is 7.39. The standard InChI is InChI=1S/C17H25NO3/c1-16(2)11-18(12-17(3,4)21-16)14(10-15(19)20)13-8-6-5-7-9-13/h5-9,14H,10-12H2,1-4H3,(H,19,20). The smallest absolute Gasteiger partial charge is 0.305 e. The van der Waals surface area contributed by atoms with E-state index in [1.54, 1.807) is 0 Å². The molecular weight excluding hydrogens is 266 g/mol. The van der Waals surface area contributed by atoms with Gasteiger partial charge in [-0.2, -0.15) is 0 Å². The maximum absolute atomic E-state index is 11.3. The second kappa shape index (κ2) is 5.78. The van der Waals surface area contributed by atoms with Gasteiger partial charge < -0.3 is 9.84 Å². The maximum atomic E-state index is 11.3. The highest BCUT2D eigenvalue weighted by atomic mass is 16.5. The highest BCUT2D eigenvalue weighted by molar-refractivity contribution is 5.68. The van der Waals surface area contributed by atoms with E-state index in [1.165, 1.54) is 0 Å². The number of carboxylic acid groups (broad SMARTS) is 1. The van der Waals surface area contributed by atoms with E-state index in [2.05, 4.69) is 32.6 Å². The molecule has 1 saturated heterocycles. The molecule has 0 amide bonds. The second-order valence-corrected chi connectivity index (χ2v) is 7.05. The fourth-order valence-corrected chi connectivity index (χ4v) is 3.37. The van der Waals surface area contributed by atoms with E-state index in [-0.39, 0.29) is 23.7 Å². The molecule has 0 aliphatic carbocycles. The van der Waals surface area contributed by atoms with Crippen LogP contribution in [0, 0.1) is 0 Å². The molecule has 4 nitrogen and oxygen atoms in total. The number of hydrogen-bond donors (Lipinski definition) is 1. The first-order chi connectivity index (χ1) is 9.69. The summed E-state index contributed by atoms with van der Waals surface area (Å²) in [6.07, 6.45) is 0.107. The maximum Gasteiger partial charge on any atom is 0.305 e. The third kappa shape index (κ3) is 4.29. The zero-order valence-corrected chi connectivity index (χ0v) is 13.3. The Balaban J connectivity index is 2.30. The van der Waals surface area contributed by atoms with E-state index in [9.17, 15) is 9.90 Å². The van der Waals surface area contributed by atoms with Crippen molar-refractivity contribution in [2.24, 2.45) is 0 Å². The van der Waals surface area contributed by atoms with E-state index in [4.69, 9.17) is 4.74 Å². The summed E-state index contributed by atoms with van der Waals surface area (Å²) >= 11 is 0. The largest absolute Gasteiger partial charge is 0.481 e. The van der Waals surface area contributed by atoms with Crippen molar-refractivity contribution in [1.82, 2.24) is 4.90 Å². The van der Waals surface area contributed by atoms with Crippen molar-refractivity contribution < 1.29 is 14.6 Å². The molecule has 0 bridgehead atoms. The third-order valence-corrected chi connectivity index (χ3v) is 3.71. The van der Waals surface area contributed by atoms with Crippen molar-refractivity contribution in [2.75, 3.05) is 13.1 Å². The van der Waals surface area contributed by atoms with Gasteiger partial charge >= 0.3 is 5.97 Å². The Morgan fingerprint density at radius 1 is 1.19 bits per heavy atom. The van der Waals surface area contributed by atoms with Gasteiger partial charge in [-0.1, -0.05) is 30.3 Å². The Kier molecular flexibility index (Phi) is 4.40. The van der Waals surface area contributed by atoms with Gasteiger partial charge in [-0.05, 0) is 33.3 Å². The van der Waals surface area contributed by atoms with Gasteiger partial charge in [0.15, 0.2) is 0 Å². The summed E-state index contributed by atoms with van der Waals surface area (Å²) in [4.78, 5) is 13.5. The van der Waals surface area contributed by atoms with Crippen molar-refractivity contribution in [3.05, 3.63) is 35.9 Å². The lowest BCUT2D eigenvalue weighted by Gasteiger charge is -2.49. The second-order valence-electron chi connectivity index (χ2n) is 7.05. The van der Waals surface area contributed by atoms with Gasteiger partial charge in [-0.25, -0.2) is 0 Å². The molecule has 1 heterocycles. The van der Waals surface area contributed by atoms with Crippen molar-refractivity contribution >= 4 is 5.97 Å². The van der Waals surface area contributed by atoms with Crippen molar-refractivity contribution in [1.29, 1.82) is 0 Å². The van der Waals surface area contributed by atoms with E-state index in [0.717, 1.165) is 18.7 Å². The molecule has 0 aromatic heterocycles. The quantitative estimate of drug-likeness (QED) is 0.926. The first-order valence-corrected chi connectivity index (χ1v) is 7.39. The highest BCUT2D eigenvalue weighted by Gasteiger charge is 2.41. The Bertz CT molecular complexity index is 480. The van der Waals surface area contributed by atoms with Crippen LogP contribution in [0.15, 0.2) is 30.3 Å². The number of hydrogen-bond acceptors (Lipinski definition) is 3. The Morgan fingerprint density at radius 3 is 2.19 bits per heavy atom. The van der Waals surface area contributed by atoms with Crippen molar-refractivity contribution in [3.63, 3.8) is 0 Å². The molecule has 1 aromatic carbocycles. The summed E-state index contributed by atoms with van der Waals surface area (Å²) in [5.74, 6) is -0.772. The number of carbonyl (C=O) groups is 1. The van der Waals surface area contributed by atoms with Crippen LogP contribution in [0.2, 0.25) is 0 Å². The van der Waals surface area contributed by atoms with E-state index < -0.39 is 5.97 Å². The SMILES string of the molecule is CC1(C)CN(C(CC(=O)O)c2ccccc2)CC(C)(C)O1. The Morgan fingerprint density at radius 2 is 1.71 bits per heavy atom. The van der Waals surface area contributed by atoms with Crippen LogP contribution < -0.4 is 0 Å². The number of carboxylic acids is 1. The highest BCUT2D eigenvalue weighted by Crippen LogP contribution is 2.35. The minimum Gasteiger partial charge on any atom is -0.481 e. The average molecular weight is 291 g/mol. The molecule has 1 aliphatic heterocycles.